The first kappa shape index (κ1) is 21.3. The van der Waals surface area contributed by atoms with E-state index in [-0.39, 0.29) is 17.9 Å². The molecule has 0 spiro atoms. The first-order valence-corrected chi connectivity index (χ1v) is 9.27. The van der Waals surface area contributed by atoms with Crippen molar-refractivity contribution in [3.63, 3.8) is 0 Å². The third kappa shape index (κ3) is 4.27. The smallest absolute Gasteiger partial charge is 0.352 e. The first-order chi connectivity index (χ1) is 14.2. The van der Waals surface area contributed by atoms with Gasteiger partial charge in [0.1, 0.15) is 18.2 Å². The molecule has 0 saturated carbocycles. The Bertz CT molecular complexity index is 1080. The van der Waals surface area contributed by atoms with Crippen molar-refractivity contribution in [2.45, 2.75) is 20.5 Å². The van der Waals surface area contributed by atoms with Crippen LogP contribution in [0.5, 0.6) is 5.75 Å². The van der Waals surface area contributed by atoms with Gasteiger partial charge in [-0.1, -0.05) is 6.07 Å². The molecule has 2 aromatic carbocycles. The maximum Gasteiger partial charge on any atom is 0.352 e. The number of urea groups is 1. The quantitative estimate of drug-likeness (QED) is 0.381. The second-order valence-electron chi connectivity index (χ2n) is 7.10. The van der Waals surface area contributed by atoms with Gasteiger partial charge in [-0.15, -0.1) is 0 Å². The van der Waals surface area contributed by atoms with E-state index in [1.165, 1.54) is 25.2 Å². The fourth-order valence-corrected chi connectivity index (χ4v) is 3.19. The predicted molar refractivity (Wildman–Crippen MR) is 113 cm³/mol. The summed E-state index contributed by atoms with van der Waals surface area (Å²) in [6.07, 6.45) is 1.95. The van der Waals surface area contributed by atoms with E-state index in [4.69, 9.17) is 16.4 Å². The van der Waals surface area contributed by atoms with Crippen LogP contribution in [-0.2, 0) is 13.7 Å². The number of ether oxygens (including phenoxy) is 1. The molecule has 2 amide bonds. The number of benzene rings is 2. The van der Waals surface area contributed by atoms with Gasteiger partial charge in [-0.3, -0.25) is 9.69 Å². The molecule has 0 aliphatic carbocycles. The number of aromatic nitrogens is 2. The number of hydrazine groups is 2. The Hall–Kier alpha value is -3.43. The Morgan fingerprint density at radius 2 is 1.93 bits per heavy atom. The molecule has 0 bridgehead atoms. The number of carbonyl (C=O) groups excluding carboxylic acids is 1. The highest BCUT2D eigenvalue weighted by Gasteiger charge is 2.20. The third-order valence-corrected chi connectivity index (χ3v) is 4.69. The topological polar surface area (TPSA) is 103 Å². The van der Waals surface area contributed by atoms with Gasteiger partial charge in [0.05, 0.1) is 16.9 Å². The van der Waals surface area contributed by atoms with Crippen LogP contribution in [0.25, 0.3) is 11.3 Å². The normalized spacial score (nSPS) is 10.8. The van der Waals surface area contributed by atoms with Crippen LogP contribution in [0.4, 0.5) is 14.9 Å². The summed E-state index contributed by atoms with van der Waals surface area (Å²) < 4.78 is 22.1. The number of anilines is 1. The molecule has 3 aromatic rings. The molecular weight excluding hydrogens is 387 g/mol. The summed E-state index contributed by atoms with van der Waals surface area (Å²) in [7, 11) is 3.23. The van der Waals surface area contributed by atoms with E-state index in [1.807, 2.05) is 45.3 Å². The number of rotatable bonds is 5. The number of amides is 2. The second kappa shape index (κ2) is 8.52. The van der Waals surface area contributed by atoms with Crippen LogP contribution in [0.3, 0.4) is 0 Å². The SMILES string of the molecule is Cc1cc(-c2nn(C)cc2C)ccc1OCc1c(F)cccc1N(N)C(=O)N(C)N. The monoisotopic (exact) mass is 412 g/mol. The number of nitrogens with zero attached hydrogens (tertiary/aromatic N) is 4. The number of halogens is 1. The summed E-state index contributed by atoms with van der Waals surface area (Å²) in [5.41, 5.74) is 4.13. The molecule has 0 aliphatic heterocycles. The van der Waals surface area contributed by atoms with Crippen molar-refractivity contribution in [3.8, 4) is 17.0 Å². The van der Waals surface area contributed by atoms with Crippen LogP contribution in [0.15, 0.2) is 42.6 Å². The standard InChI is InChI=1S/C21H25FN6O2/c1-13-10-15(20-14(2)11-26(3)25-20)8-9-19(13)30-12-16-17(22)6-5-7-18(16)28(24)21(29)27(4)23/h5-11H,12,23-24H2,1-4H3. The van der Waals surface area contributed by atoms with Crippen molar-refractivity contribution in [2.24, 2.45) is 18.7 Å². The Labute approximate surface area is 174 Å². The van der Waals surface area contributed by atoms with Crippen LogP contribution < -0.4 is 21.4 Å². The van der Waals surface area contributed by atoms with Crippen molar-refractivity contribution >= 4 is 11.7 Å². The van der Waals surface area contributed by atoms with Crippen LogP contribution in [0.1, 0.15) is 16.7 Å². The van der Waals surface area contributed by atoms with E-state index in [9.17, 15) is 9.18 Å². The zero-order valence-corrected chi connectivity index (χ0v) is 17.4. The van der Waals surface area contributed by atoms with E-state index in [1.54, 1.807) is 4.68 Å². The maximum atomic E-state index is 14.5. The zero-order valence-electron chi connectivity index (χ0n) is 17.4. The van der Waals surface area contributed by atoms with Crippen molar-refractivity contribution in [1.82, 2.24) is 14.8 Å². The molecule has 0 fully saturated rings. The fraction of sp³-hybridized carbons (Fsp3) is 0.238. The Balaban J connectivity index is 1.84. The fourth-order valence-electron chi connectivity index (χ4n) is 3.19. The number of hydrogen-bond acceptors (Lipinski definition) is 5. The maximum absolute atomic E-state index is 14.5. The molecule has 9 heteroatoms. The highest BCUT2D eigenvalue weighted by molar-refractivity contribution is 5.91. The van der Waals surface area contributed by atoms with Crippen LogP contribution in [-0.4, -0.2) is 27.9 Å². The molecule has 8 nitrogen and oxygen atoms in total. The van der Waals surface area contributed by atoms with Gasteiger partial charge in [-0.25, -0.2) is 25.9 Å². The first-order valence-electron chi connectivity index (χ1n) is 9.27. The molecule has 1 aromatic heterocycles. The Morgan fingerprint density at radius 3 is 2.53 bits per heavy atom. The van der Waals surface area contributed by atoms with Gasteiger partial charge >= 0.3 is 6.03 Å². The van der Waals surface area contributed by atoms with Crippen molar-refractivity contribution in [1.29, 1.82) is 0 Å². The summed E-state index contributed by atoms with van der Waals surface area (Å²) in [6.45, 7) is 3.79. The number of carbonyl (C=O) groups is 1. The summed E-state index contributed by atoms with van der Waals surface area (Å²) in [5, 5.41) is 6.09. The van der Waals surface area contributed by atoms with E-state index in [2.05, 4.69) is 5.10 Å². The molecule has 0 aliphatic rings. The lowest BCUT2D eigenvalue weighted by molar-refractivity contribution is 0.216. The minimum Gasteiger partial charge on any atom is -0.488 e. The zero-order chi connectivity index (χ0) is 22.0. The van der Waals surface area contributed by atoms with Crippen molar-refractivity contribution in [2.75, 3.05) is 12.1 Å². The largest absolute Gasteiger partial charge is 0.488 e. The van der Waals surface area contributed by atoms with Gasteiger partial charge in [0.15, 0.2) is 0 Å². The minimum absolute atomic E-state index is 0.111. The molecule has 0 radical (unpaired) electrons. The molecule has 1 heterocycles. The Morgan fingerprint density at radius 1 is 1.20 bits per heavy atom. The van der Waals surface area contributed by atoms with Crippen LogP contribution >= 0.6 is 0 Å². The molecule has 0 saturated heterocycles. The number of hydrogen-bond donors (Lipinski definition) is 2. The lowest BCUT2D eigenvalue weighted by Crippen LogP contribution is -2.49. The molecule has 3 rings (SSSR count). The molecule has 30 heavy (non-hydrogen) atoms. The summed E-state index contributed by atoms with van der Waals surface area (Å²) >= 11 is 0. The molecule has 0 unspecified atom stereocenters. The van der Waals surface area contributed by atoms with Gasteiger partial charge in [0, 0.05) is 25.9 Å². The Kier molecular flexibility index (Phi) is 6.04. The molecular formula is C21H25FN6O2. The third-order valence-electron chi connectivity index (χ3n) is 4.69. The predicted octanol–water partition coefficient (Wildman–Crippen LogP) is 3.03. The van der Waals surface area contributed by atoms with Crippen LogP contribution in [0.2, 0.25) is 0 Å². The van der Waals surface area contributed by atoms with Gasteiger partial charge in [0.2, 0.25) is 0 Å². The van der Waals surface area contributed by atoms with E-state index in [0.29, 0.717) is 5.75 Å². The lowest BCUT2D eigenvalue weighted by atomic mass is 10.1. The van der Waals surface area contributed by atoms with Crippen molar-refractivity contribution < 1.29 is 13.9 Å². The average Bonchev–Trinajstić information content (AvgIpc) is 3.04. The van der Waals surface area contributed by atoms with Crippen molar-refractivity contribution in [3.05, 3.63) is 65.1 Å². The molecule has 158 valence electrons. The van der Waals surface area contributed by atoms with Gasteiger partial charge in [0.25, 0.3) is 0 Å². The highest BCUT2D eigenvalue weighted by atomic mass is 19.1. The molecule has 4 N–H and O–H groups in total. The molecule has 0 atom stereocenters. The van der Waals surface area contributed by atoms with Gasteiger partial charge in [-0.05, 0) is 55.3 Å². The average molecular weight is 412 g/mol. The van der Waals surface area contributed by atoms with Gasteiger partial charge < -0.3 is 4.74 Å². The number of nitrogens with two attached hydrogens (primary N) is 2. The summed E-state index contributed by atoms with van der Waals surface area (Å²) in [5.74, 6) is 11.3. The van der Waals surface area contributed by atoms with Crippen LogP contribution in [0, 0.1) is 19.7 Å². The van der Waals surface area contributed by atoms with E-state index < -0.39 is 11.8 Å². The highest BCUT2D eigenvalue weighted by Crippen LogP contribution is 2.29. The lowest BCUT2D eigenvalue weighted by Gasteiger charge is -2.23. The number of aryl methyl sites for hydroxylation is 3. The summed E-state index contributed by atoms with van der Waals surface area (Å²) in [4.78, 5) is 12.1. The summed E-state index contributed by atoms with van der Waals surface area (Å²) in [6, 6.07) is 9.28. The van der Waals surface area contributed by atoms with Gasteiger partial charge in [-0.2, -0.15) is 5.10 Å². The van der Waals surface area contributed by atoms with E-state index >= 15 is 0 Å². The minimum atomic E-state index is -0.687. The van der Waals surface area contributed by atoms with E-state index in [0.717, 1.165) is 32.4 Å². The second-order valence-corrected chi connectivity index (χ2v) is 7.10.